The molecule has 13 heavy (non-hydrogen) atoms. The quantitative estimate of drug-likeness (QED) is 0.517. The SMILES string of the molecule is COC([SiH3])(Cc1ccccc1)OC. The van der Waals surface area contributed by atoms with Crippen molar-refractivity contribution in [3.8, 4) is 0 Å². The van der Waals surface area contributed by atoms with E-state index in [9.17, 15) is 0 Å². The van der Waals surface area contributed by atoms with Crippen LogP contribution in [-0.4, -0.2) is 29.9 Å². The molecule has 3 heteroatoms. The molecule has 1 rings (SSSR count). The molecule has 0 aliphatic heterocycles. The lowest BCUT2D eigenvalue weighted by atomic mass is 10.1. The summed E-state index contributed by atoms with van der Waals surface area (Å²) in [7, 11) is 4.25. The second-order valence-electron chi connectivity index (χ2n) is 3.20. The predicted octanol–water partition coefficient (Wildman–Crippen LogP) is 0.541. The third kappa shape index (κ3) is 2.95. The molecule has 0 bridgehead atoms. The number of methoxy groups -OCH3 is 2. The summed E-state index contributed by atoms with van der Waals surface area (Å²) in [6.07, 6.45) is 0.826. The number of rotatable bonds is 4. The van der Waals surface area contributed by atoms with Gasteiger partial charge in [-0.05, 0) is 5.56 Å². The fourth-order valence-corrected chi connectivity index (χ4v) is 1.60. The van der Waals surface area contributed by atoms with E-state index in [1.54, 1.807) is 14.2 Å². The van der Waals surface area contributed by atoms with Crippen LogP contribution in [-0.2, 0) is 15.9 Å². The van der Waals surface area contributed by atoms with Gasteiger partial charge in [-0.1, -0.05) is 30.3 Å². The monoisotopic (exact) mass is 196 g/mol. The standard InChI is InChI=1S/C10H16O2Si/c1-11-10(13,12-2)8-9-6-4-3-5-7-9/h3-7H,8H2,1-2,13H3. The van der Waals surface area contributed by atoms with E-state index in [4.69, 9.17) is 9.47 Å². The van der Waals surface area contributed by atoms with Crippen molar-refractivity contribution in [1.82, 2.24) is 0 Å². The summed E-state index contributed by atoms with van der Waals surface area (Å²) < 4.78 is 10.7. The van der Waals surface area contributed by atoms with Gasteiger partial charge in [0.25, 0.3) is 0 Å². The molecule has 0 saturated heterocycles. The van der Waals surface area contributed by atoms with Gasteiger partial charge in [-0.25, -0.2) is 0 Å². The Bertz CT molecular complexity index is 244. The van der Waals surface area contributed by atoms with Crippen molar-refractivity contribution in [2.24, 2.45) is 0 Å². The second kappa shape index (κ2) is 4.55. The van der Waals surface area contributed by atoms with E-state index in [-0.39, 0.29) is 5.41 Å². The Kier molecular flexibility index (Phi) is 3.66. The number of hydrogen-bond acceptors (Lipinski definition) is 2. The van der Waals surface area contributed by atoms with Crippen LogP contribution in [0.15, 0.2) is 30.3 Å². The Morgan fingerprint density at radius 3 is 2.15 bits per heavy atom. The Hall–Kier alpha value is -0.643. The maximum Gasteiger partial charge on any atom is 0.144 e. The molecular weight excluding hydrogens is 180 g/mol. The molecule has 0 saturated carbocycles. The van der Waals surface area contributed by atoms with Crippen molar-refractivity contribution in [2.75, 3.05) is 14.2 Å². The molecule has 0 heterocycles. The summed E-state index contributed by atoms with van der Waals surface area (Å²) in [5, 5.41) is 0. The van der Waals surface area contributed by atoms with Crippen molar-refractivity contribution in [3.63, 3.8) is 0 Å². The van der Waals surface area contributed by atoms with E-state index in [1.165, 1.54) is 5.56 Å². The van der Waals surface area contributed by atoms with Gasteiger partial charge < -0.3 is 9.47 Å². The molecule has 0 N–H and O–H groups in total. The lowest BCUT2D eigenvalue weighted by Gasteiger charge is -2.26. The summed E-state index contributed by atoms with van der Waals surface area (Å²) in [4.78, 5) is 0. The van der Waals surface area contributed by atoms with E-state index >= 15 is 0 Å². The van der Waals surface area contributed by atoms with E-state index in [0.29, 0.717) is 0 Å². The van der Waals surface area contributed by atoms with Gasteiger partial charge in [-0.15, -0.1) is 0 Å². The molecule has 0 radical (unpaired) electrons. The highest BCUT2D eigenvalue weighted by molar-refractivity contribution is 6.13. The molecule has 0 spiro atoms. The van der Waals surface area contributed by atoms with Crippen LogP contribution < -0.4 is 0 Å². The summed E-state index contributed by atoms with van der Waals surface area (Å²) >= 11 is 0. The molecule has 0 aliphatic rings. The number of hydrogen-bond donors (Lipinski definition) is 0. The molecule has 0 amide bonds. The van der Waals surface area contributed by atoms with E-state index in [0.717, 1.165) is 16.7 Å². The van der Waals surface area contributed by atoms with E-state index < -0.39 is 0 Å². The third-order valence-corrected chi connectivity index (χ3v) is 3.40. The highest BCUT2D eigenvalue weighted by atomic mass is 28.1. The Morgan fingerprint density at radius 2 is 1.69 bits per heavy atom. The molecule has 72 valence electrons. The second-order valence-corrected chi connectivity index (χ2v) is 4.73. The minimum atomic E-state index is -0.374. The topological polar surface area (TPSA) is 18.5 Å². The van der Waals surface area contributed by atoms with Gasteiger partial charge in [0.1, 0.15) is 5.41 Å². The normalized spacial score (nSPS) is 11.8. The van der Waals surface area contributed by atoms with Crippen LogP contribution >= 0.6 is 0 Å². The van der Waals surface area contributed by atoms with Gasteiger partial charge in [-0.2, -0.15) is 0 Å². The van der Waals surface area contributed by atoms with Gasteiger partial charge >= 0.3 is 0 Å². The van der Waals surface area contributed by atoms with Crippen LogP contribution in [0, 0.1) is 0 Å². The van der Waals surface area contributed by atoms with Crippen LogP contribution in [0.4, 0.5) is 0 Å². The molecule has 0 fully saturated rings. The van der Waals surface area contributed by atoms with E-state index in [1.807, 2.05) is 18.2 Å². The Morgan fingerprint density at radius 1 is 1.15 bits per heavy atom. The maximum absolute atomic E-state index is 5.33. The number of ether oxygens (including phenoxy) is 2. The summed E-state index contributed by atoms with van der Waals surface area (Å²) in [5.74, 6) is 0. The van der Waals surface area contributed by atoms with Crippen molar-refractivity contribution >= 4 is 10.2 Å². The molecule has 0 aliphatic carbocycles. The third-order valence-electron chi connectivity index (χ3n) is 2.23. The Labute approximate surface area is 82.3 Å². The molecule has 2 nitrogen and oxygen atoms in total. The first-order valence-corrected chi connectivity index (χ1v) is 5.34. The number of benzene rings is 1. The van der Waals surface area contributed by atoms with Crippen LogP contribution in [0.1, 0.15) is 5.56 Å². The van der Waals surface area contributed by atoms with Crippen LogP contribution in [0.3, 0.4) is 0 Å². The van der Waals surface area contributed by atoms with Crippen molar-refractivity contribution in [2.45, 2.75) is 11.8 Å². The zero-order chi connectivity index (χ0) is 9.73. The van der Waals surface area contributed by atoms with Gasteiger partial charge in [0.2, 0.25) is 0 Å². The van der Waals surface area contributed by atoms with Gasteiger partial charge in [-0.3, -0.25) is 0 Å². The highest BCUT2D eigenvalue weighted by Gasteiger charge is 2.22. The van der Waals surface area contributed by atoms with Crippen molar-refractivity contribution in [3.05, 3.63) is 35.9 Å². The van der Waals surface area contributed by atoms with Gasteiger partial charge in [0.15, 0.2) is 0 Å². The van der Waals surface area contributed by atoms with Crippen LogP contribution in [0.2, 0.25) is 0 Å². The Balaban J connectivity index is 2.68. The first-order chi connectivity index (χ1) is 6.20. The first-order valence-electron chi connectivity index (χ1n) is 4.34. The largest absolute Gasteiger partial charge is 0.358 e. The molecular formula is C10H16O2Si. The maximum atomic E-state index is 5.33. The molecule has 0 aromatic heterocycles. The highest BCUT2D eigenvalue weighted by Crippen LogP contribution is 2.13. The van der Waals surface area contributed by atoms with Crippen LogP contribution in [0.25, 0.3) is 0 Å². The summed E-state index contributed by atoms with van der Waals surface area (Å²) in [5.41, 5.74) is 0.877. The fraction of sp³-hybridized carbons (Fsp3) is 0.400. The molecule has 1 aromatic rings. The lowest BCUT2D eigenvalue weighted by molar-refractivity contribution is -0.140. The average Bonchev–Trinajstić information content (AvgIpc) is 2.19. The fourth-order valence-electron chi connectivity index (χ4n) is 1.19. The minimum Gasteiger partial charge on any atom is -0.358 e. The van der Waals surface area contributed by atoms with Gasteiger partial charge in [0.05, 0.1) is 10.2 Å². The van der Waals surface area contributed by atoms with Crippen molar-refractivity contribution < 1.29 is 9.47 Å². The van der Waals surface area contributed by atoms with Crippen LogP contribution in [0.5, 0.6) is 0 Å². The summed E-state index contributed by atoms with van der Waals surface area (Å²) in [6.45, 7) is 0. The molecule has 1 aromatic carbocycles. The smallest absolute Gasteiger partial charge is 0.144 e. The zero-order valence-electron chi connectivity index (χ0n) is 8.41. The molecule has 0 atom stereocenters. The average molecular weight is 196 g/mol. The van der Waals surface area contributed by atoms with Crippen molar-refractivity contribution in [1.29, 1.82) is 0 Å². The minimum absolute atomic E-state index is 0.374. The first kappa shape index (κ1) is 10.4. The van der Waals surface area contributed by atoms with Gasteiger partial charge in [0, 0.05) is 20.6 Å². The predicted molar refractivity (Wildman–Crippen MR) is 56.8 cm³/mol. The summed E-state index contributed by atoms with van der Waals surface area (Å²) in [6, 6.07) is 10.2. The zero-order valence-corrected chi connectivity index (χ0v) is 10.4. The molecule has 0 unspecified atom stereocenters. The van der Waals surface area contributed by atoms with E-state index in [2.05, 4.69) is 12.1 Å². The lowest BCUT2D eigenvalue weighted by Crippen LogP contribution is -2.36.